The summed E-state index contributed by atoms with van der Waals surface area (Å²) in [5.74, 6) is 0.570. The Kier molecular flexibility index (Phi) is 5.00. The molecule has 0 unspecified atom stereocenters. The van der Waals surface area contributed by atoms with Gasteiger partial charge < -0.3 is 15.1 Å². The first-order chi connectivity index (χ1) is 12.8. The molecule has 0 spiro atoms. The smallest absolute Gasteiger partial charge is 0.270 e. The third kappa shape index (κ3) is 3.79. The molecule has 0 radical (unpaired) electrons. The molecule has 1 amide bonds. The number of nitrogens with one attached hydrogen (secondary N) is 1. The van der Waals surface area contributed by atoms with E-state index < -0.39 is 0 Å². The summed E-state index contributed by atoms with van der Waals surface area (Å²) in [4.78, 5) is 25.9. The molecule has 1 saturated heterocycles. The maximum absolute atomic E-state index is 12.4. The Labute approximate surface area is 154 Å². The van der Waals surface area contributed by atoms with E-state index in [1.54, 1.807) is 12.3 Å². The summed E-state index contributed by atoms with van der Waals surface area (Å²) in [6, 6.07) is 12.5. The SMILES string of the molecule is O=C(NC1CCCC1)c1ccnc(N2CCN(c3ccccc3)CC2)n1. The van der Waals surface area contributed by atoms with Crippen molar-refractivity contribution in [1.29, 1.82) is 0 Å². The summed E-state index contributed by atoms with van der Waals surface area (Å²) >= 11 is 0. The van der Waals surface area contributed by atoms with Crippen LogP contribution in [0.1, 0.15) is 36.2 Å². The van der Waals surface area contributed by atoms with Gasteiger partial charge in [-0.1, -0.05) is 31.0 Å². The molecule has 26 heavy (non-hydrogen) atoms. The number of piperazine rings is 1. The average Bonchev–Trinajstić information content (AvgIpc) is 3.22. The largest absolute Gasteiger partial charge is 0.368 e. The summed E-state index contributed by atoms with van der Waals surface area (Å²) in [5, 5.41) is 3.10. The summed E-state index contributed by atoms with van der Waals surface area (Å²) < 4.78 is 0. The van der Waals surface area contributed by atoms with Crippen molar-refractivity contribution in [3.05, 3.63) is 48.3 Å². The lowest BCUT2D eigenvalue weighted by molar-refractivity contribution is 0.0932. The molecule has 4 rings (SSSR count). The van der Waals surface area contributed by atoms with Gasteiger partial charge in [-0.25, -0.2) is 9.97 Å². The molecule has 1 saturated carbocycles. The number of carbonyl (C=O) groups excluding carboxylic acids is 1. The number of anilines is 2. The van der Waals surface area contributed by atoms with Gasteiger partial charge in [-0.05, 0) is 31.0 Å². The van der Waals surface area contributed by atoms with Gasteiger partial charge in [0, 0.05) is 44.1 Å². The van der Waals surface area contributed by atoms with Crippen LogP contribution >= 0.6 is 0 Å². The number of carbonyl (C=O) groups is 1. The van der Waals surface area contributed by atoms with Crippen LogP contribution in [0.25, 0.3) is 0 Å². The number of hydrogen-bond donors (Lipinski definition) is 1. The van der Waals surface area contributed by atoms with Crippen molar-refractivity contribution in [2.24, 2.45) is 0 Å². The Balaban J connectivity index is 1.38. The van der Waals surface area contributed by atoms with Crippen LogP contribution in [-0.4, -0.2) is 48.1 Å². The highest BCUT2D eigenvalue weighted by Crippen LogP contribution is 2.19. The molecule has 2 fully saturated rings. The van der Waals surface area contributed by atoms with Crippen molar-refractivity contribution in [1.82, 2.24) is 15.3 Å². The molecule has 0 bridgehead atoms. The van der Waals surface area contributed by atoms with Crippen molar-refractivity contribution in [3.63, 3.8) is 0 Å². The van der Waals surface area contributed by atoms with E-state index in [0.717, 1.165) is 39.0 Å². The van der Waals surface area contributed by atoms with Gasteiger partial charge in [0.05, 0.1) is 0 Å². The summed E-state index contributed by atoms with van der Waals surface area (Å²) in [6.07, 6.45) is 6.24. The molecule has 1 aliphatic heterocycles. The molecular formula is C20H25N5O. The van der Waals surface area contributed by atoms with Crippen LogP contribution < -0.4 is 15.1 Å². The number of para-hydroxylation sites is 1. The Morgan fingerprint density at radius 3 is 2.38 bits per heavy atom. The van der Waals surface area contributed by atoms with Gasteiger partial charge in [-0.15, -0.1) is 0 Å². The lowest BCUT2D eigenvalue weighted by Gasteiger charge is -2.36. The van der Waals surface area contributed by atoms with Crippen LogP contribution in [-0.2, 0) is 0 Å². The normalized spacial score (nSPS) is 18.2. The van der Waals surface area contributed by atoms with E-state index >= 15 is 0 Å². The predicted octanol–water partition coefficient (Wildman–Crippen LogP) is 2.48. The van der Waals surface area contributed by atoms with E-state index in [0.29, 0.717) is 17.7 Å². The number of nitrogens with zero attached hydrogens (tertiary/aromatic N) is 4. The van der Waals surface area contributed by atoms with Gasteiger partial charge in [0.15, 0.2) is 0 Å². The van der Waals surface area contributed by atoms with Gasteiger partial charge in [-0.3, -0.25) is 4.79 Å². The molecule has 0 atom stereocenters. The maximum atomic E-state index is 12.4. The van der Waals surface area contributed by atoms with Crippen LogP contribution in [0.15, 0.2) is 42.6 Å². The second-order valence-electron chi connectivity index (χ2n) is 7.01. The van der Waals surface area contributed by atoms with Gasteiger partial charge in [0.25, 0.3) is 5.91 Å². The Bertz CT molecular complexity index is 737. The zero-order chi connectivity index (χ0) is 17.8. The molecule has 6 heteroatoms. The van der Waals surface area contributed by atoms with E-state index in [-0.39, 0.29) is 5.91 Å². The van der Waals surface area contributed by atoms with Gasteiger partial charge in [0.2, 0.25) is 5.95 Å². The van der Waals surface area contributed by atoms with Gasteiger partial charge in [-0.2, -0.15) is 0 Å². The molecule has 2 aromatic rings. The zero-order valence-corrected chi connectivity index (χ0v) is 15.0. The summed E-state index contributed by atoms with van der Waals surface area (Å²) in [5.41, 5.74) is 1.71. The van der Waals surface area contributed by atoms with Crippen molar-refractivity contribution < 1.29 is 4.79 Å². The van der Waals surface area contributed by atoms with Gasteiger partial charge in [0.1, 0.15) is 5.69 Å². The van der Waals surface area contributed by atoms with Crippen LogP contribution in [0, 0.1) is 0 Å². The fraction of sp³-hybridized carbons (Fsp3) is 0.450. The van der Waals surface area contributed by atoms with Crippen molar-refractivity contribution >= 4 is 17.5 Å². The fourth-order valence-electron chi connectivity index (χ4n) is 3.76. The minimum Gasteiger partial charge on any atom is -0.368 e. The second kappa shape index (κ2) is 7.72. The minimum absolute atomic E-state index is 0.0801. The van der Waals surface area contributed by atoms with E-state index in [1.165, 1.54) is 18.5 Å². The topological polar surface area (TPSA) is 61.4 Å². The number of amides is 1. The lowest BCUT2D eigenvalue weighted by Crippen LogP contribution is -2.47. The Morgan fingerprint density at radius 1 is 0.962 bits per heavy atom. The standard InChI is InChI=1S/C20H25N5O/c26-19(22-16-6-4-5-7-16)18-10-11-21-20(23-18)25-14-12-24(13-15-25)17-8-2-1-3-9-17/h1-3,8-11,16H,4-7,12-15H2,(H,22,26). The quantitative estimate of drug-likeness (QED) is 0.917. The first-order valence-electron chi connectivity index (χ1n) is 9.48. The highest BCUT2D eigenvalue weighted by molar-refractivity contribution is 5.92. The number of hydrogen-bond acceptors (Lipinski definition) is 5. The predicted molar refractivity (Wildman–Crippen MR) is 103 cm³/mol. The van der Waals surface area contributed by atoms with Crippen molar-refractivity contribution in [3.8, 4) is 0 Å². The van der Waals surface area contributed by atoms with Crippen LogP contribution in [0.3, 0.4) is 0 Å². The third-order valence-electron chi connectivity index (χ3n) is 5.25. The lowest BCUT2D eigenvalue weighted by atomic mass is 10.2. The maximum Gasteiger partial charge on any atom is 0.270 e. The molecular weight excluding hydrogens is 326 g/mol. The van der Waals surface area contributed by atoms with Crippen molar-refractivity contribution in [2.75, 3.05) is 36.0 Å². The monoisotopic (exact) mass is 351 g/mol. The second-order valence-corrected chi connectivity index (χ2v) is 7.01. The molecule has 6 nitrogen and oxygen atoms in total. The van der Waals surface area contributed by atoms with E-state index in [1.807, 2.05) is 6.07 Å². The summed E-state index contributed by atoms with van der Waals surface area (Å²) in [7, 11) is 0. The van der Waals surface area contributed by atoms with Gasteiger partial charge >= 0.3 is 0 Å². The highest BCUT2D eigenvalue weighted by Gasteiger charge is 2.22. The van der Waals surface area contributed by atoms with Crippen LogP contribution in [0.5, 0.6) is 0 Å². The van der Waals surface area contributed by atoms with E-state index in [2.05, 4.69) is 49.4 Å². The summed E-state index contributed by atoms with van der Waals surface area (Å²) in [6.45, 7) is 3.54. The molecule has 2 heterocycles. The third-order valence-corrected chi connectivity index (χ3v) is 5.25. The minimum atomic E-state index is -0.0801. The molecule has 2 aliphatic rings. The Hall–Kier alpha value is -2.63. The number of rotatable bonds is 4. The zero-order valence-electron chi connectivity index (χ0n) is 15.0. The molecule has 1 aliphatic carbocycles. The van der Waals surface area contributed by atoms with Crippen molar-refractivity contribution in [2.45, 2.75) is 31.7 Å². The number of benzene rings is 1. The molecule has 1 N–H and O–H groups in total. The molecule has 1 aromatic heterocycles. The first-order valence-corrected chi connectivity index (χ1v) is 9.48. The van der Waals surface area contributed by atoms with Crippen LogP contribution in [0.2, 0.25) is 0 Å². The highest BCUT2D eigenvalue weighted by atomic mass is 16.1. The van der Waals surface area contributed by atoms with Crippen LogP contribution in [0.4, 0.5) is 11.6 Å². The fourth-order valence-corrected chi connectivity index (χ4v) is 3.76. The Morgan fingerprint density at radius 2 is 1.65 bits per heavy atom. The van der Waals surface area contributed by atoms with E-state index in [9.17, 15) is 4.79 Å². The molecule has 136 valence electrons. The first kappa shape index (κ1) is 16.8. The average molecular weight is 351 g/mol. The number of aromatic nitrogens is 2. The molecule has 1 aromatic carbocycles. The van der Waals surface area contributed by atoms with E-state index in [4.69, 9.17) is 0 Å².